The predicted octanol–water partition coefficient (Wildman–Crippen LogP) is 3.69. The summed E-state index contributed by atoms with van der Waals surface area (Å²) in [6, 6.07) is 10.8. The smallest absolute Gasteiger partial charge is 0.315 e. The lowest BCUT2D eigenvalue weighted by atomic mass is 10.0. The van der Waals surface area contributed by atoms with Crippen LogP contribution < -0.4 is 5.32 Å². The van der Waals surface area contributed by atoms with Gasteiger partial charge in [0.2, 0.25) is 0 Å². The first-order valence-electron chi connectivity index (χ1n) is 8.31. The summed E-state index contributed by atoms with van der Waals surface area (Å²) in [5.41, 5.74) is 1.90. The van der Waals surface area contributed by atoms with Crippen LogP contribution in [0, 0.1) is 5.82 Å². The maximum absolute atomic E-state index is 13.7. The molecular formula is C19H20FN5O. The lowest BCUT2D eigenvalue weighted by Crippen LogP contribution is -2.35. The van der Waals surface area contributed by atoms with E-state index >= 15 is 0 Å². The van der Waals surface area contributed by atoms with E-state index in [0.29, 0.717) is 23.5 Å². The molecule has 1 aromatic carbocycles. The average Bonchev–Trinajstić information content (AvgIpc) is 3.10. The van der Waals surface area contributed by atoms with Crippen molar-refractivity contribution in [1.29, 1.82) is 0 Å². The van der Waals surface area contributed by atoms with Crippen LogP contribution in [0.4, 0.5) is 14.9 Å². The fourth-order valence-corrected chi connectivity index (χ4v) is 2.74. The van der Waals surface area contributed by atoms with Gasteiger partial charge in [0.25, 0.3) is 0 Å². The summed E-state index contributed by atoms with van der Waals surface area (Å²) in [6.07, 6.45) is 5.00. The minimum Gasteiger partial charge on any atom is -0.315 e. The first-order chi connectivity index (χ1) is 12.6. The van der Waals surface area contributed by atoms with E-state index < -0.39 is 6.04 Å². The van der Waals surface area contributed by atoms with E-state index in [2.05, 4.69) is 15.4 Å². The lowest BCUT2D eigenvalue weighted by molar-refractivity contribution is 0.211. The van der Waals surface area contributed by atoms with Crippen molar-refractivity contribution >= 4 is 11.7 Å². The predicted molar refractivity (Wildman–Crippen MR) is 97.2 cm³/mol. The molecule has 0 aliphatic heterocycles. The molecule has 26 heavy (non-hydrogen) atoms. The highest BCUT2D eigenvalue weighted by Crippen LogP contribution is 2.27. The van der Waals surface area contributed by atoms with Crippen LogP contribution in [0.3, 0.4) is 0 Å². The number of carbonyl (C=O) groups is 1. The van der Waals surface area contributed by atoms with Gasteiger partial charge in [-0.1, -0.05) is 18.2 Å². The molecule has 1 unspecified atom stereocenters. The van der Waals surface area contributed by atoms with E-state index in [1.807, 2.05) is 19.1 Å². The highest BCUT2D eigenvalue weighted by molar-refractivity contribution is 5.89. The Balaban J connectivity index is 1.89. The second kappa shape index (κ2) is 7.77. The SMILES string of the molecule is CCn1cc(NC(=O)N(C)C(c2cccc(F)c2)c2ccccn2)cn1. The van der Waals surface area contributed by atoms with Crippen molar-refractivity contribution in [2.24, 2.45) is 0 Å². The molecule has 2 heterocycles. The van der Waals surface area contributed by atoms with Crippen LogP contribution in [0.5, 0.6) is 0 Å². The molecule has 3 aromatic rings. The Morgan fingerprint density at radius 1 is 1.31 bits per heavy atom. The number of anilines is 1. The van der Waals surface area contributed by atoms with Gasteiger partial charge in [0.15, 0.2) is 0 Å². The molecule has 0 aliphatic carbocycles. The first-order valence-corrected chi connectivity index (χ1v) is 8.31. The largest absolute Gasteiger partial charge is 0.322 e. The summed E-state index contributed by atoms with van der Waals surface area (Å²) in [7, 11) is 1.66. The molecule has 0 radical (unpaired) electrons. The number of carbonyl (C=O) groups excluding carboxylic acids is 1. The molecule has 7 heteroatoms. The van der Waals surface area contributed by atoms with E-state index in [-0.39, 0.29) is 11.8 Å². The molecule has 0 saturated carbocycles. The van der Waals surface area contributed by atoms with Crippen molar-refractivity contribution in [1.82, 2.24) is 19.7 Å². The van der Waals surface area contributed by atoms with Crippen LogP contribution in [-0.4, -0.2) is 32.7 Å². The Hall–Kier alpha value is -3.22. The number of nitrogens with zero attached hydrogens (tertiary/aromatic N) is 4. The quantitative estimate of drug-likeness (QED) is 0.761. The molecule has 0 bridgehead atoms. The number of hydrogen-bond acceptors (Lipinski definition) is 3. The molecule has 134 valence electrons. The Bertz CT molecular complexity index is 880. The molecule has 0 spiro atoms. The van der Waals surface area contributed by atoms with Gasteiger partial charge in [0, 0.05) is 26.0 Å². The number of hydrogen-bond donors (Lipinski definition) is 1. The average molecular weight is 353 g/mol. The summed E-state index contributed by atoms with van der Waals surface area (Å²) < 4.78 is 15.5. The van der Waals surface area contributed by atoms with Crippen LogP contribution in [0.15, 0.2) is 61.1 Å². The van der Waals surface area contributed by atoms with E-state index in [1.165, 1.54) is 17.0 Å². The fraction of sp³-hybridized carbons (Fsp3) is 0.211. The molecule has 1 N–H and O–H groups in total. The third-order valence-corrected chi connectivity index (χ3v) is 4.05. The van der Waals surface area contributed by atoms with Gasteiger partial charge in [0.1, 0.15) is 11.9 Å². The molecule has 0 fully saturated rings. The van der Waals surface area contributed by atoms with Gasteiger partial charge < -0.3 is 10.2 Å². The zero-order valence-electron chi connectivity index (χ0n) is 14.6. The highest BCUT2D eigenvalue weighted by Gasteiger charge is 2.25. The summed E-state index contributed by atoms with van der Waals surface area (Å²) in [5, 5.41) is 6.95. The van der Waals surface area contributed by atoms with Crippen molar-refractivity contribution in [2.45, 2.75) is 19.5 Å². The van der Waals surface area contributed by atoms with Crippen LogP contribution in [-0.2, 0) is 6.54 Å². The standard InChI is InChI=1S/C19H20FN5O/c1-3-25-13-16(12-22-25)23-19(26)24(2)18(17-9-4-5-10-21-17)14-7-6-8-15(20)11-14/h4-13,18H,3H2,1-2H3,(H,23,26). The molecular weight excluding hydrogens is 333 g/mol. The van der Waals surface area contributed by atoms with Crippen molar-refractivity contribution in [2.75, 3.05) is 12.4 Å². The number of urea groups is 1. The minimum atomic E-state index is -0.520. The van der Waals surface area contributed by atoms with Gasteiger partial charge in [-0.3, -0.25) is 9.67 Å². The van der Waals surface area contributed by atoms with Gasteiger partial charge in [-0.2, -0.15) is 5.10 Å². The highest BCUT2D eigenvalue weighted by atomic mass is 19.1. The number of aryl methyl sites for hydroxylation is 1. The second-order valence-electron chi connectivity index (χ2n) is 5.84. The Kier molecular flexibility index (Phi) is 5.26. The normalized spacial score (nSPS) is 11.8. The minimum absolute atomic E-state index is 0.333. The molecule has 2 aromatic heterocycles. The topological polar surface area (TPSA) is 63.1 Å². The lowest BCUT2D eigenvalue weighted by Gasteiger charge is -2.28. The maximum Gasteiger partial charge on any atom is 0.322 e. The summed E-state index contributed by atoms with van der Waals surface area (Å²) >= 11 is 0. The van der Waals surface area contributed by atoms with Crippen molar-refractivity contribution in [3.63, 3.8) is 0 Å². The van der Waals surface area contributed by atoms with Gasteiger partial charge in [-0.15, -0.1) is 0 Å². The second-order valence-corrected chi connectivity index (χ2v) is 5.84. The van der Waals surface area contributed by atoms with E-state index in [9.17, 15) is 9.18 Å². The molecule has 2 amide bonds. The molecule has 3 rings (SSSR count). The Labute approximate surface area is 151 Å². The van der Waals surface area contributed by atoms with E-state index in [0.717, 1.165) is 0 Å². The van der Waals surface area contributed by atoms with Gasteiger partial charge in [-0.05, 0) is 36.8 Å². The van der Waals surface area contributed by atoms with Crippen LogP contribution in [0.25, 0.3) is 0 Å². The van der Waals surface area contributed by atoms with Crippen LogP contribution >= 0.6 is 0 Å². The molecule has 0 saturated heterocycles. The number of aromatic nitrogens is 3. The molecule has 1 atom stereocenters. The number of halogens is 1. The van der Waals surface area contributed by atoms with Crippen LogP contribution in [0.1, 0.15) is 24.2 Å². The molecule has 0 aliphatic rings. The maximum atomic E-state index is 13.7. The Morgan fingerprint density at radius 2 is 2.15 bits per heavy atom. The van der Waals surface area contributed by atoms with E-state index in [4.69, 9.17) is 0 Å². The number of rotatable bonds is 5. The number of pyridine rings is 1. The van der Waals surface area contributed by atoms with Crippen molar-refractivity contribution in [3.05, 3.63) is 78.1 Å². The van der Waals surface area contributed by atoms with Crippen LogP contribution in [0.2, 0.25) is 0 Å². The number of benzene rings is 1. The number of nitrogens with one attached hydrogen (secondary N) is 1. The summed E-state index contributed by atoms with van der Waals surface area (Å²) in [4.78, 5) is 18.6. The molecule has 6 nitrogen and oxygen atoms in total. The summed E-state index contributed by atoms with van der Waals surface area (Å²) in [6.45, 7) is 2.68. The van der Waals surface area contributed by atoms with Gasteiger partial charge in [0.05, 0.1) is 17.6 Å². The first kappa shape index (κ1) is 17.6. The van der Waals surface area contributed by atoms with Crippen molar-refractivity contribution in [3.8, 4) is 0 Å². The third-order valence-electron chi connectivity index (χ3n) is 4.05. The Morgan fingerprint density at radius 3 is 2.81 bits per heavy atom. The zero-order chi connectivity index (χ0) is 18.5. The monoisotopic (exact) mass is 353 g/mol. The zero-order valence-corrected chi connectivity index (χ0v) is 14.6. The van der Waals surface area contributed by atoms with Gasteiger partial charge >= 0.3 is 6.03 Å². The van der Waals surface area contributed by atoms with E-state index in [1.54, 1.807) is 48.5 Å². The summed E-state index contributed by atoms with van der Waals surface area (Å²) in [5.74, 6) is -0.360. The van der Waals surface area contributed by atoms with Gasteiger partial charge in [-0.25, -0.2) is 9.18 Å². The number of amides is 2. The van der Waals surface area contributed by atoms with Crippen molar-refractivity contribution < 1.29 is 9.18 Å². The third kappa shape index (κ3) is 3.88. The fourth-order valence-electron chi connectivity index (χ4n) is 2.74.